The van der Waals surface area contributed by atoms with E-state index in [4.69, 9.17) is 14.2 Å². The Morgan fingerprint density at radius 1 is 1.43 bits per heavy atom. The number of carbonyl (C=O) groups is 3. The molecule has 2 rings (SSSR count). The van der Waals surface area contributed by atoms with E-state index in [9.17, 15) is 14.4 Å². The summed E-state index contributed by atoms with van der Waals surface area (Å²) in [7, 11) is 0. The molecule has 0 aliphatic carbocycles. The van der Waals surface area contributed by atoms with E-state index in [0.29, 0.717) is 18.4 Å². The fourth-order valence-corrected chi connectivity index (χ4v) is 2.55. The van der Waals surface area contributed by atoms with Gasteiger partial charge in [-0.1, -0.05) is 5.57 Å². The fourth-order valence-electron chi connectivity index (χ4n) is 2.55. The molecule has 0 bridgehead atoms. The third-order valence-corrected chi connectivity index (χ3v) is 3.51. The molecular formula is C17H20O6. The van der Waals surface area contributed by atoms with Crippen molar-refractivity contribution in [3.8, 4) is 0 Å². The second-order valence-electron chi connectivity index (χ2n) is 5.77. The lowest BCUT2D eigenvalue weighted by molar-refractivity contribution is -0.144. The van der Waals surface area contributed by atoms with Gasteiger partial charge in [0.15, 0.2) is 0 Å². The SMILES string of the molecule is CC(=O)OC(C=C(C)CC1C=C(C)C(=O)O1)CC1=CC(=O)OC1. The average Bonchev–Trinajstić information content (AvgIpc) is 2.95. The number of rotatable bonds is 6. The molecule has 0 spiro atoms. The number of hydrogen-bond acceptors (Lipinski definition) is 6. The Kier molecular flexibility index (Phi) is 5.36. The normalized spacial score (nSPS) is 22.2. The first-order chi connectivity index (χ1) is 10.8. The highest BCUT2D eigenvalue weighted by Gasteiger charge is 2.23. The molecule has 6 nitrogen and oxygen atoms in total. The van der Waals surface area contributed by atoms with Gasteiger partial charge in [0.25, 0.3) is 0 Å². The summed E-state index contributed by atoms with van der Waals surface area (Å²) in [4.78, 5) is 33.7. The van der Waals surface area contributed by atoms with Gasteiger partial charge in [0.2, 0.25) is 0 Å². The van der Waals surface area contributed by atoms with Crippen molar-refractivity contribution in [3.05, 3.63) is 34.9 Å². The molecule has 0 saturated heterocycles. The second-order valence-corrected chi connectivity index (χ2v) is 5.77. The van der Waals surface area contributed by atoms with Crippen LogP contribution in [0.3, 0.4) is 0 Å². The fraction of sp³-hybridized carbons (Fsp3) is 0.471. The van der Waals surface area contributed by atoms with Crippen LogP contribution in [0.5, 0.6) is 0 Å². The van der Waals surface area contributed by atoms with Gasteiger partial charge < -0.3 is 14.2 Å². The summed E-state index contributed by atoms with van der Waals surface area (Å²) < 4.78 is 15.3. The van der Waals surface area contributed by atoms with Crippen molar-refractivity contribution in [2.24, 2.45) is 0 Å². The summed E-state index contributed by atoms with van der Waals surface area (Å²) in [5, 5.41) is 0. The van der Waals surface area contributed by atoms with Gasteiger partial charge in [-0.3, -0.25) is 4.79 Å². The third kappa shape index (κ3) is 5.09. The highest BCUT2D eigenvalue weighted by Crippen LogP contribution is 2.22. The second kappa shape index (κ2) is 7.26. The molecule has 0 aromatic rings. The monoisotopic (exact) mass is 320 g/mol. The van der Waals surface area contributed by atoms with Crippen LogP contribution >= 0.6 is 0 Å². The molecule has 2 heterocycles. The summed E-state index contributed by atoms with van der Waals surface area (Å²) in [6, 6.07) is 0. The smallest absolute Gasteiger partial charge is 0.334 e. The summed E-state index contributed by atoms with van der Waals surface area (Å²) >= 11 is 0. The van der Waals surface area contributed by atoms with Crippen LogP contribution in [-0.2, 0) is 28.6 Å². The predicted octanol–water partition coefficient (Wildman–Crippen LogP) is 2.00. The van der Waals surface area contributed by atoms with E-state index in [1.54, 1.807) is 13.0 Å². The highest BCUT2D eigenvalue weighted by atomic mass is 16.6. The first kappa shape index (κ1) is 17.0. The van der Waals surface area contributed by atoms with E-state index in [2.05, 4.69) is 0 Å². The summed E-state index contributed by atoms with van der Waals surface area (Å²) in [6.45, 7) is 5.17. The van der Waals surface area contributed by atoms with E-state index < -0.39 is 12.1 Å². The summed E-state index contributed by atoms with van der Waals surface area (Å²) in [6.07, 6.45) is 5.21. The lowest BCUT2D eigenvalue weighted by Crippen LogP contribution is -2.16. The van der Waals surface area contributed by atoms with Gasteiger partial charge in [-0.25, -0.2) is 9.59 Å². The van der Waals surface area contributed by atoms with Crippen molar-refractivity contribution in [1.29, 1.82) is 0 Å². The Morgan fingerprint density at radius 2 is 2.17 bits per heavy atom. The van der Waals surface area contributed by atoms with Crippen molar-refractivity contribution in [1.82, 2.24) is 0 Å². The van der Waals surface area contributed by atoms with Gasteiger partial charge in [-0.05, 0) is 31.6 Å². The topological polar surface area (TPSA) is 78.9 Å². The maximum atomic E-state index is 11.4. The quantitative estimate of drug-likeness (QED) is 0.423. The van der Waals surface area contributed by atoms with Crippen molar-refractivity contribution < 1.29 is 28.6 Å². The molecule has 0 amide bonds. The first-order valence-electron chi connectivity index (χ1n) is 7.43. The van der Waals surface area contributed by atoms with E-state index in [0.717, 1.165) is 11.1 Å². The van der Waals surface area contributed by atoms with Crippen LogP contribution in [-0.4, -0.2) is 36.7 Å². The van der Waals surface area contributed by atoms with E-state index in [1.807, 2.05) is 13.0 Å². The van der Waals surface area contributed by atoms with E-state index in [-0.39, 0.29) is 24.6 Å². The van der Waals surface area contributed by atoms with Crippen LogP contribution in [0.1, 0.15) is 33.6 Å². The van der Waals surface area contributed by atoms with Gasteiger partial charge in [-0.2, -0.15) is 0 Å². The molecule has 2 atom stereocenters. The molecule has 2 aliphatic rings. The molecule has 0 saturated carbocycles. The van der Waals surface area contributed by atoms with E-state index >= 15 is 0 Å². The molecule has 2 unspecified atom stereocenters. The summed E-state index contributed by atoms with van der Waals surface area (Å²) in [5.41, 5.74) is 2.32. The Morgan fingerprint density at radius 3 is 2.70 bits per heavy atom. The largest absolute Gasteiger partial charge is 0.458 e. The van der Waals surface area contributed by atoms with Gasteiger partial charge in [0.1, 0.15) is 18.8 Å². The minimum atomic E-state index is -0.476. The first-order valence-corrected chi connectivity index (χ1v) is 7.43. The average molecular weight is 320 g/mol. The highest BCUT2D eigenvalue weighted by molar-refractivity contribution is 5.90. The third-order valence-electron chi connectivity index (χ3n) is 3.51. The summed E-state index contributed by atoms with van der Waals surface area (Å²) in [5.74, 6) is -1.07. The molecule has 0 aromatic heterocycles. The van der Waals surface area contributed by atoms with Crippen molar-refractivity contribution in [2.45, 2.75) is 45.8 Å². The molecule has 0 N–H and O–H groups in total. The number of esters is 3. The van der Waals surface area contributed by atoms with Crippen molar-refractivity contribution >= 4 is 17.9 Å². The van der Waals surface area contributed by atoms with Crippen LogP contribution in [0.2, 0.25) is 0 Å². The standard InChI is InChI=1S/C17H20O6/c1-10(4-14-6-11(2)17(20)23-14)5-15(22-12(3)18)7-13-8-16(19)21-9-13/h5-6,8,14-15H,4,7,9H2,1-3H3. The molecule has 0 radical (unpaired) electrons. The maximum Gasteiger partial charge on any atom is 0.334 e. The van der Waals surface area contributed by atoms with Gasteiger partial charge in [-0.15, -0.1) is 0 Å². The predicted molar refractivity (Wildman–Crippen MR) is 81.2 cm³/mol. The molecule has 2 aliphatic heterocycles. The van der Waals surface area contributed by atoms with Crippen LogP contribution in [0.25, 0.3) is 0 Å². The zero-order valence-corrected chi connectivity index (χ0v) is 13.5. The zero-order chi connectivity index (χ0) is 17.0. The molecule has 23 heavy (non-hydrogen) atoms. The van der Waals surface area contributed by atoms with Crippen molar-refractivity contribution in [2.75, 3.05) is 6.61 Å². The van der Waals surface area contributed by atoms with Gasteiger partial charge in [0.05, 0.1) is 0 Å². The number of cyclic esters (lactones) is 2. The minimum absolute atomic E-state index is 0.228. The van der Waals surface area contributed by atoms with Gasteiger partial charge in [0, 0.05) is 31.4 Å². The lowest BCUT2D eigenvalue weighted by Gasteiger charge is -2.16. The lowest BCUT2D eigenvalue weighted by atomic mass is 10.0. The molecule has 0 aromatic carbocycles. The minimum Gasteiger partial charge on any atom is -0.458 e. The maximum absolute atomic E-state index is 11.4. The molecule has 124 valence electrons. The Labute approximate surface area is 134 Å². The number of hydrogen-bond donors (Lipinski definition) is 0. The zero-order valence-electron chi connectivity index (χ0n) is 13.5. The molecule has 6 heteroatoms. The Bertz CT molecular complexity index is 611. The molecular weight excluding hydrogens is 300 g/mol. The van der Waals surface area contributed by atoms with Crippen LogP contribution < -0.4 is 0 Å². The number of ether oxygens (including phenoxy) is 3. The van der Waals surface area contributed by atoms with Crippen LogP contribution in [0.4, 0.5) is 0 Å². The van der Waals surface area contributed by atoms with Gasteiger partial charge >= 0.3 is 17.9 Å². The van der Waals surface area contributed by atoms with E-state index in [1.165, 1.54) is 13.0 Å². The number of carbonyl (C=O) groups excluding carboxylic acids is 3. The van der Waals surface area contributed by atoms with Crippen LogP contribution in [0.15, 0.2) is 34.9 Å². The Hall–Kier alpha value is -2.37. The van der Waals surface area contributed by atoms with Crippen LogP contribution in [0, 0.1) is 0 Å². The van der Waals surface area contributed by atoms with Crippen molar-refractivity contribution in [3.63, 3.8) is 0 Å². The Balaban J connectivity index is 2.00. The molecule has 0 fully saturated rings.